The summed E-state index contributed by atoms with van der Waals surface area (Å²) >= 11 is 7.78. The molecule has 1 heterocycles. The van der Waals surface area contributed by atoms with E-state index in [2.05, 4.69) is 36.4 Å². The zero-order valence-corrected chi connectivity index (χ0v) is 23.0. The molecule has 0 amide bonds. The van der Waals surface area contributed by atoms with Crippen LogP contribution in [0.25, 0.3) is 34.2 Å². The molecule has 1 saturated carbocycles. The van der Waals surface area contributed by atoms with Crippen molar-refractivity contribution >= 4 is 52.4 Å². The maximum Gasteiger partial charge on any atom is 0.303 e. The number of nitrogens with zero attached hydrogens (tertiary/aromatic N) is 1. The molecule has 0 aliphatic heterocycles. The molecule has 3 aromatic carbocycles. The predicted molar refractivity (Wildman–Crippen MR) is 157 cm³/mol. The molecule has 0 bridgehead atoms. The Morgan fingerprint density at radius 1 is 1.03 bits per heavy atom. The van der Waals surface area contributed by atoms with Crippen molar-refractivity contribution in [3.8, 4) is 11.1 Å². The van der Waals surface area contributed by atoms with Crippen LogP contribution >= 0.6 is 23.4 Å². The van der Waals surface area contributed by atoms with Gasteiger partial charge in [0, 0.05) is 21.1 Å². The number of hydrogen-bond donors (Lipinski definition) is 2. The first-order chi connectivity index (χ1) is 18.1. The second-order valence-electron chi connectivity index (χ2n) is 10.7. The Balaban J connectivity index is 1.38. The molecule has 1 aromatic heterocycles. The molecule has 38 heavy (non-hydrogen) atoms. The van der Waals surface area contributed by atoms with Gasteiger partial charge in [-0.05, 0) is 96.8 Å². The van der Waals surface area contributed by atoms with Crippen LogP contribution in [0.15, 0.2) is 77.7 Å². The summed E-state index contributed by atoms with van der Waals surface area (Å²) in [5, 5.41) is 21.9. The van der Waals surface area contributed by atoms with Gasteiger partial charge in [0.15, 0.2) is 0 Å². The predicted octanol–water partition coefficient (Wildman–Crippen LogP) is 8.30. The SMILES string of the molecule is CC(C)(O)c1cc(-c2cccc(C=Cc3ccc4ccc(Cl)cc4n3)c2)ccc1SCC1(CC(=O)O)CC1. The summed E-state index contributed by atoms with van der Waals surface area (Å²) < 4.78 is 0. The lowest BCUT2D eigenvalue weighted by Crippen LogP contribution is -2.17. The molecule has 194 valence electrons. The van der Waals surface area contributed by atoms with E-state index in [0.717, 1.165) is 62.3 Å². The highest BCUT2D eigenvalue weighted by atomic mass is 35.5. The van der Waals surface area contributed by atoms with Gasteiger partial charge >= 0.3 is 5.97 Å². The quantitative estimate of drug-likeness (QED) is 0.208. The summed E-state index contributed by atoms with van der Waals surface area (Å²) in [4.78, 5) is 16.9. The second kappa shape index (κ2) is 10.6. The number of halogens is 1. The van der Waals surface area contributed by atoms with E-state index in [0.29, 0.717) is 5.02 Å². The normalized spacial score (nSPS) is 14.7. The summed E-state index contributed by atoms with van der Waals surface area (Å²) in [6.07, 6.45) is 6.14. The molecule has 5 rings (SSSR count). The topological polar surface area (TPSA) is 70.4 Å². The summed E-state index contributed by atoms with van der Waals surface area (Å²) in [6.45, 7) is 3.59. The van der Waals surface area contributed by atoms with Crippen LogP contribution in [-0.2, 0) is 10.4 Å². The van der Waals surface area contributed by atoms with Crippen LogP contribution in [0, 0.1) is 5.41 Å². The van der Waals surface area contributed by atoms with Gasteiger partial charge in [-0.25, -0.2) is 4.98 Å². The number of carboxylic acids is 1. The van der Waals surface area contributed by atoms with Crippen LogP contribution < -0.4 is 0 Å². The average molecular weight is 544 g/mol. The first kappa shape index (κ1) is 26.5. The van der Waals surface area contributed by atoms with Gasteiger partial charge in [-0.3, -0.25) is 4.79 Å². The number of fused-ring (bicyclic) bond motifs is 1. The number of pyridine rings is 1. The minimum absolute atomic E-state index is 0.112. The van der Waals surface area contributed by atoms with E-state index in [1.54, 1.807) is 25.6 Å². The van der Waals surface area contributed by atoms with Crippen molar-refractivity contribution in [3.63, 3.8) is 0 Å². The Kier molecular flexibility index (Phi) is 7.36. The Morgan fingerprint density at radius 2 is 1.79 bits per heavy atom. The van der Waals surface area contributed by atoms with E-state index in [1.165, 1.54) is 0 Å². The average Bonchev–Trinajstić information content (AvgIpc) is 3.64. The molecule has 0 spiro atoms. The highest BCUT2D eigenvalue weighted by molar-refractivity contribution is 7.99. The molecule has 0 saturated heterocycles. The largest absolute Gasteiger partial charge is 0.481 e. The molecule has 0 radical (unpaired) electrons. The molecule has 4 nitrogen and oxygen atoms in total. The summed E-state index contributed by atoms with van der Waals surface area (Å²) in [6, 6.07) is 24.2. The molecule has 1 aliphatic carbocycles. The fourth-order valence-electron chi connectivity index (χ4n) is 4.62. The van der Waals surface area contributed by atoms with Crippen molar-refractivity contribution in [1.82, 2.24) is 4.98 Å². The molecule has 0 atom stereocenters. The fraction of sp³-hybridized carbons (Fsp3) is 0.250. The highest BCUT2D eigenvalue weighted by Crippen LogP contribution is 2.52. The van der Waals surface area contributed by atoms with Crippen LogP contribution in [0.1, 0.15) is 49.9 Å². The Hall–Kier alpha value is -3.12. The number of aromatic nitrogens is 1. The van der Waals surface area contributed by atoms with Gasteiger partial charge in [-0.1, -0.05) is 54.1 Å². The maximum atomic E-state index is 11.3. The summed E-state index contributed by atoms with van der Waals surface area (Å²) in [7, 11) is 0. The third kappa shape index (κ3) is 6.29. The molecular formula is C32H30ClNO3S. The number of rotatable bonds is 9. The molecule has 0 unspecified atom stereocenters. The smallest absolute Gasteiger partial charge is 0.303 e. The molecule has 2 N–H and O–H groups in total. The van der Waals surface area contributed by atoms with E-state index < -0.39 is 11.6 Å². The van der Waals surface area contributed by atoms with E-state index >= 15 is 0 Å². The maximum absolute atomic E-state index is 11.3. The molecule has 1 fully saturated rings. The number of aliphatic carboxylic acids is 1. The van der Waals surface area contributed by atoms with Gasteiger partial charge in [0.25, 0.3) is 0 Å². The van der Waals surface area contributed by atoms with Gasteiger partial charge in [-0.2, -0.15) is 0 Å². The van der Waals surface area contributed by atoms with Crippen molar-refractivity contribution in [2.45, 2.75) is 43.6 Å². The number of hydrogen-bond acceptors (Lipinski definition) is 4. The van der Waals surface area contributed by atoms with Crippen molar-refractivity contribution in [3.05, 3.63) is 94.6 Å². The summed E-state index contributed by atoms with van der Waals surface area (Å²) in [5.41, 5.74) is 4.55. The van der Waals surface area contributed by atoms with Gasteiger partial charge in [0.05, 0.1) is 23.2 Å². The third-order valence-corrected chi connectivity index (χ3v) is 8.66. The molecular weight excluding hydrogens is 514 g/mol. The Morgan fingerprint density at radius 3 is 2.53 bits per heavy atom. The van der Waals surface area contributed by atoms with Crippen molar-refractivity contribution in [1.29, 1.82) is 0 Å². The monoisotopic (exact) mass is 543 g/mol. The van der Waals surface area contributed by atoms with Gasteiger partial charge < -0.3 is 10.2 Å². The Labute approximate surface area is 232 Å². The number of aliphatic hydroxyl groups is 1. The van der Waals surface area contributed by atoms with E-state index in [9.17, 15) is 15.0 Å². The lowest BCUT2D eigenvalue weighted by Gasteiger charge is -2.23. The number of benzene rings is 3. The Bertz CT molecular complexity index is 1540. The standard InChI is InChI=1S/C32H30ClNO3S/c1-31(2,37)27-17-24(9-13-29(27)38-20-32(14-15-32)19-30(35)36)23-5-3-4-21(16-23)6-11-26-12-8-22-7-10-25(33)18-28(22)34-26/h3-13,16-18,37H,14-15,19-20H2,1-2H3,(H,35,36). The van der Waals surface area contributed by atoms with E-state index in [4.69, 9.17) is 16.6 Å². The van der Waals surface area contributed by atoms with Crippen LogP contribution in [-0.4, -0.2) is 26.9 Å². The molecule has 1 aliphatic rings. The van der Waals surface area contributed by atoms with Crippen molar-refractivity contribution in [2.24, 2.45) is 5.41 Å². The first-order valence-corrected chi connectivity index (χ1v) is 14.0. The number of thioether (sulfide) groups is 1. The van der Waals surface area contributed by atoms with Crippen LogP contribution in [0.3, 0.4) is 0 Å². The molecule has 6 heteroatoms. The first-order valence-electron chi connectivity index (χ1n) is 12.7. The second-order valence-corrected chi connectivity index (χ2v) is 12.1. The highest BCUT2D eigenvalue weighted by Gasteiger charge is 2.44. The molecule has 4 aromatic rings. The van der Waals surface area contributed by atoms with Crippen LogP contribution in [0.2, 0.25) is 5.02 Å². The van der Waals surface area contributed by atoms with Gasteiger partial charge in [-0.15, -0.1) is 11.8 Å². The van der Waals surface area contributed by atoms with E-state index in [-0.39, 0.29) is 11.8 Å². The van der Waals surface area contributed by atoms with Crippen LogP contribution in [0.5, 0.6) is 0 Å². The summed E-state index contributed by atoms with van der Waals surface area (Å²) in [5.74, 6) is 0.00712. The number of carbonyl (C=O) groups is 1. The lowest BCUT2D eigenvalue weighted by molar-refractivity contribution is -0.138. The third-order valence-electron chi connectivity index (χ3n) is 7.00. The number of carboxylic acid groups (broad SMARTS) is 1. The lowest BCUT2D eigenvalue weighted by atomic mass is 9.93. The minimum atomic E-state index is -1.02. The fourth-order valence-corrected chi connectivity index (χ4v) is 6.26. The van der Waals surface area contributed by atoms with Crippen molar-refractivity contribution in [2.75, 3.05) is 5.75 Å². The van der Waals surface area contributed by atoms with Crippen molar-refractivity contribution < 1.29 is 15.0 Å². The van der Waals surface area contributed by atoms with Gasteiger partial charge in [0.2, 0.25) is 0 Å². The van der Waals surface area contributed by atoms with Crippen LogP contribution in [0.4, 0.5) is 0 Å². The zero-order chi connectivity index (χ0) is 26.9. The zero-order valence-electron chi connectivity index (χ0n) is 21.4. The van der Waals surface area contributed by atoms with E-state index in [1.807, 2.05) is 48.6 Å². The minimum Gasteiger partial charge on any atom is -0.481 e. The van der Waals surface area contributed by atoms with Gasteiger partial charge in [0.1, 0.15) is 0 Å².